The molecular formula is C26H28F2N2O5. The molecule has 0 aromatic heterocycles. The molecule has 35 heavy (non-hydrogen) atoms. The molecule has 9 heteroatoms. The summed E-state index contributed by atoms with van der Waals surface area (Å²) < 4.78 is 33.5. The largest absolute Gasteiger partial charge is 0.480 e. The molecule has 2 aromatic carbocycles. The van der Waals surface area contributed by atoms with Gasteiger partial charge in [-0.1, -0.05) is 61.9 Å². The lowest BCUT2D eigenvalue weighted by molar-refractivity contribution is -0.151. The Morgan fingerprint density at radius 2 is 1.69 bits per heavy atom. The van der Waals surface area contributed by atoms with Crippen LogP contribution in [0.3, 0.4) is 0 Å². The number of carbonyl (C=O) groups excluding carboxylic acids is 2. The second kappa shape index (κ2) is 9.28. The van der Waals surface area contributed by atoms with E-state index >= 15 is 0 Å². The van der Waals surface area contributed by atoms with Crippen LogP contribution < -0.4 is 5.32 Å². The Hall–Kier alpha value is -3.49. The number of amides is 2. The van der Waals surface area contributed by atoms with Gasteiger partial charge in [-0.15, -0.1) is 0 Å². The molecule has 2 aliphatic rings. The second-order valence-electron chi connectivity index (χ2n) is 9.38. The number of hydrogen-bond donors (Lipinski definition) is 2. The SMILES string of the molecule is CCCC(C)(NC(=O)OCC1c2ccccc2-c2ccccc21)C(=O)N1CC(F)(F)CC1C(=O)O. The van der Waals surface area contributed by atoms with Gasteiger partial charge in [-0.25, -0.2) is 18.4 Å². The maximum absolute atomic E-state index is 14.0. The molecule has 2 aromatic rings. The Bertz CT molecular complexity index is 1110. The molecule has 4 rings (SSSR count). The number of nitrogens with one attached hydrogen (secondary N) is 1. The van der Waals surface area contributed by atoms with Crippen LogP contribution in [0.1, 0.15) is 50.2 Å². The number of alkyl carbamates (subject to hydrolysis) is 1. The monoisotopic (exact) mass is 486 g/mol. The summed E-state index contributed by atoms with van der Waals surface area (Å²) in [6.07, 6.45) is -1.24. The van der Waals surface area contributed by atoms with Gasteiger partial charge in [0.15, 0.2) is 0 Å². The van der Waals surface area contributed by atoms with E-state index in [2.05, 4.69) is 5.32 Å². The van der Waals surface area contributed by atoms with Gasteiger partial charge in [0.05, 0.1) is 6.54 Å². The fourth-order valence-corrected chi connectivity index (χ4v) is 5.15. The molecular weight excluding hydrogens is 458 g/mol. The van der Waals surface area contributed by atoms with Crippen molar-refractivity contribution in [2.24, 2.45) is 0 Å². The standard InChI is InChI=1S/C26H28F2N2O5/c1-3-12-25(2,23(33)30-15-26(27,28)13-21(30)22(31)32)29-24(34)35-14-20-18-10-6-4-8-16(18)17-9-5-7-11-19(17)20/h4-11,20-21H,3,12-15H2,1-2H3,(H,29,34)(H,31,32). The quantitative estimate of drug-likeness (QED) is 0.605. The molecule has 7 nitrogen and oxygen atoms in total. The van der Waals surface area contributed by atoms with E-state index in [1.54, 1.807) is 6.92 Å². The highest BCUT2D eigenvalue weighted by molar-refractivity contribution is 5.93. The Labute approximate surface area is 202 Å². The summed E-state index contributed by atoms with van der Waals surface area (Å²) in [5.74, 6) is -5.86. The van der Waals surface area contributed by atoms with Gasteiger partial charge in [-0.3, -0.25) is 4.79 Å². The maximum Gasteiger partial charge on any atom is 0.408 e. The predicted molar refractivity (Wildman–Crippen MR) is 124 cm³/mol. The number of rotatable bonds is 7. The highest BCUT2D eigenvalue weighted by atomic mass is 19.3. The number of halogens is 2. The van der Waals surface area contributed by atoms with Crippen molar-refractivity contribution in [2.45, 2.75) is 56.5 Å². The first-order chi connectivity index (χ1) is 16.6. The van der Waals surface area contributed by atoms with E-state index in [1.165, 1.54) is 6.92 Å². The van der Waals surface area contributed by atoms with E-state index in [4.69, 9.17) is 4.74 Å². The van der Waals surface area contributed by atoms with Crippen molar-refractivity contribution in [3.05, 3.63) is 59.7 Å². The first-order valence-corrected chi connectivity index (χ1v) is 11.6. The van der Waals surface area contributed by atoms with Crippen LogP contribution in [-0.2, 0) is 14.3 Å². The van der Waals surface area contributed by atoms with Crippen molar-refractivity contribution in [3.63, 3.8) is 0 Å². The van der Waals surface area contributed by atoms with Crippen LogP contribution >= 0.6 is 0 Å². The topological polar surface area (TPSA) is 95.9 Å². The van der Waals surface area contributed by atoms with Crippen LogP contribution in [0.5, 0.6) is 0 Å². The lowest BCUT2D eigenvalue weighted by Gasteiger charge is -2.34. The molecule has 1 fully saturated rings. The zero-order valence-electron chi connectivity index (χ0n) is 19.6. The number of ether oxygens (including phenoxy) is 1. The fraction of sp³-hybridized carbons (Fsp3) is 0.423. The lowest BCUT2D eigenvalue weighted by Crippen LogP contribution is -2.59. The van der Waals surface area contributed by atoms with Gasteiger partial charge in [-0.2, -0.15) is 0 Å². The van der Waals surface area contributed by atoms with Crippen molar-refractivity contribution in [2.75, 3.05) is 13.2 Å². The summed E-state index contributed by atoms with van der Waals surface area (Å²) in [5, 5.41) is 11.9. The fourth-order valence-electron chi connectivity index (χ4n) is 5.15. The van der Waals surface area contributed by atoms with Gasteiger partial charge in [0.25, 0.3) is 5.92 Å². The van der Waals surface area contributed by atoms with Crippen LogP contribution in [0, 0.1) is 0 Å². The molecule has 0 spiro atoms. The van der Waals surface area contributed by atoms with Crippen molar-refractivity contribution in [1.82, 2.24) is 10.2 Å². The number of carbonyl (C=O) groups is 3. The molecule has 186 valence electrons. The average Bonchev–Trinajstić information content (AvgIpc) is 3.31. The van der Waals surface area contributed by atoms with Crippen molar-refractivity contribution in [1.29, 1.82) is 0 Å². The van der Waals surface area contributed by atoms with Gasteiger partial charge in [0.2, 0.25) is 5.91 Å². The van der Waals surface area contributed by atoms with Gasteiger partial charge in [0.1, 0.15) is 18.2 Å². The van der Waals surface area contributed by atoms with Gasteiger partial charge >= 0.3 is 12.1 Å². The third-order valence-electron chi connectivity index (χ3n) is 6.76. The van der Waals surface area contributed by atoms with Crippen LogP contribution in [0.2, 0.25) is 0 Å². The summed E-state index contributed by atoms with van der Waals surface area (Å²) in [5.41, 5.74) is 2.59. The number of hydrogen-bond acceptors (Lipinski definition) is 4. The van der Waals surface area contributed by atoms with Crippen LogP contribution in [0.25, 0.3) is 11.1 Å². The predicted octanol–water partition coefficient (Wildman–Crippen LogP) is 4.40. The van der Waals surface area contributed by atoms with Gasteiger partial charge in [0, 0.05) is 12.3 Å². The zero-order chi connectivity index (χ0) is 25.4. The van der Waals surface area contributed by atoms with E-state index in [0.717, 1.165) is 22.3 Å². The molecule has 2 atom stereocenters. The minimum absolute atomic E-state index is 0.0236. The third-order valence-corrected chi connectivity index (χ3v) is 6.76. The number of fused-ring (bicyclic) bond motifs is 3. The summed E-state index contributed by atoms with van der Waals surface area (Å²) in [7, 11) is 0. The normalized spacial score (nSPS) is 20.0. The van der Waals surface area contributed by atoms with E-state index in [0.29, 0.717) is 11.3 Å². The Balaban J connectivity index is 1.49. The Morgan fingerprint density at radius 3 is 2.23 bits per heavy atom. The second-order valence-corrected chi connectivity index (χ2v) is 9.38. The first kappa shape index (κ1) is 24.6. The molecule has 0 bridgehead atoms. The third kappa shape index (κ3) is 4.72. The molecule has 2 unspecified atom stereocenters. The lowest BCUT2D eigenvalue weighted by atomic mass is 9.94. The molecule has 2 amide bonds. The minimum Gasteiger partial charge on any atom is -0.480 e. The molecule has 2 N–H and O–H groups in total. The summed E-state index contributed by atoms with van der Waals surface area (Å²) in [4.78, 5) is 38.2. The van der Waals surface area contributed by atoms with E-state index in [9.17, 15) is 28.3 Å². The average molecular weight is 487 g/mol. The summed E-state index contributed by atoms with van der Waals surface area (Å²) in [6.45, 7) is 2.21. The number of aliphatic carboxylic acids is 1. The Kier molecular flexibility index (Phi) is 6.53. The summed E-state index contributed by atoms with van der Waals surface area (Å²) in [6, 6.07) is 14.0. The highest BCUT2D eigenvalue weighted by Gasteiger charge is 2.53. The number of likely N-dealkylation sites (tertiary alicyclic amines) is 1. The van der Waals surface area contributed by atoms with Gasteiger partial charge in [-0.05, 0) is 35.6 Å². The molecule has 1 heterocycles. The number of nitrogens with zero attached hydrogens (tertiary/aromatic N) is 1. The molecule has 0 saturated carbocycles. The zero-order valence-corrected chi connectivity index (χ0v) is 19.6. The minimum atomic E-state index is -3.31. The highest BCUT2D eigenvalue weighted by Crippen LogP contribution is 2.44. The van der Waals surface area contributed by atoms with Crippen LogP contribution in [0.4, 0.5) is 13.6 Å². The number of alkyl halides is 2. The number of carboxylic acid groups (broad SMARTS) is 1. The molecule has 1 saturated heterocycles. The van der Waals surface area contributed by atoms with Crippen molar-refractivity contribution >= 4 is 18.0 Å². The first-order valence-electron chi connectivity index (χ1n) is 11.6. The van der Waals surface area contributed by atoms with Crippen LogP contribution in [-0.4, -0.2) is 58.6 Å². The van der Waals surface area contributed by atoms with E-state index in [-0.39, 0.29) is 18.9 Å². The van der Waals surface area contributed by atoms with Crippen molar-refractivity contribution < 1.29 is 33.0 Å². The van der Waals surface area contributed by atoms with E-state index in [1.807, 2.05) is 48.5 Å². The smallest absolute Gasteiger partial charge is 0.408 e. The van der Waals surface area contributed by atoms with E-state index < -0.39 is 48.4 Å². The molecule has 0 radical (unpaired) electrons. The summed E-state index contributed by atoms with van der Waals surface area (Å²) >= 11 is 0. The van der Waals surface area contributed by atoms with Crippen LogP contribution in [0.15, 0.2) is 48.5 Å². The number of carboxylic acids is 1. The molecule has 1 aliphatic carbocycles. The van der Waals surface area contributed by atoms with Crippen molar-refractivity contribution in [3.8, 4) is 11.1 Å². The van der Waals surface area contributed by atoms with Gasteiger partial charge < -0.3 is 20.1 Å². The maximum atomic E-state index is 14.0. The number of benzene rings is 2. The Morgan fingerprint density at radius 1 is 1.11 bits per heavy atom. The molecule has 1 aliphatic heterocycles.